The Morgan fingerprint density at radius 3 is 2.20 bits per heavy atom. The van der Waals surface area contributed by atoms with Crippen LogP contribution < -0.4 is 4.90 Å². The molecule has 5 saturated carbocycles. The molecule has 9 heteroatoms. The van der Waals surface area contributed by atoms with E-state index in [1.54, 1.807) is 0 Å². The fourth-order valence-electron chi connectivity index (χ4n) is 8.12. The van der Waals surface area contributed by atoms with E-state index in [9.17, 15) is 27.9 Å². The molecule has 190 valence electrons. The lowest BCUT2D eigenvalue weighted by Crippen LogP contribution is -2.57. The van der Waals surface area contributed by atoms with Gasteiger partial charge in [-0.2, -0.15) is 13.2 Å². The van der Waals surface area contributed by atoms with E-state index in [0.29, 0.717) is 67.9 Å². The number of pyridine rings is 1. The van der Waals surface area contributed by atoms with E-state index >= 15 is 0 Å². The number of carboxylic acids is 1. The molecule has 0 aromatic carbocycles. The number of hydrogen-bond acceptors (Lipinski definition) is 5. The molecule has 0 spiro atoms. The van der Waals surface area contributed by atoms with Crippen molar-refractivity contribution in [3.63, 3.8) is 0 Å². The number of nitrogens with zero attached hydrogens (tertiary/aromatic N) is 3. The van der Waals surface area contributed by atoms with Crippen molar-refractivity contribution in [3.05, 3.63) is 23.9 Å². The van der Waals surface area contributed by atoms with E-state index in [1.807, 2.05) is 4.90 Å². The molecule has 1 saturated heterocycles. The minimum absolute atomic E-state index is 0.320. The van der Waals surface area contributed by atoms with Crippen LogP contribution in [-0.4, -0.2) is 58.5 Å². The van der Waals surface area contributed by atoms with Crippen molar-refractivity contribution in [1.82, 2.24) is 9.88 Å². The van der Waals surface area contributed by atoms with Gasteiger partial charge in [-0.3, -0.25) is 14.5 Å². The summed E-state index contributed by atoms with van der Waals surface area (Å²) in [5, 5.41) is 9.88. The van der Waals surface area contributed by atoms with Crippen LogP contribution in [0, 0.1) is 29.1 Å². The average Bonchev–Trinajstić information content (AvgIpc) is 3.63. The van der Waals surface area contributed by atoms with Crippen LogP contribution in [0.25, 0.3) is 0 Å². The number of rotatable bonds is 6. The summed E-state index contributed by atoms with van der Waals surface area (Å²) in [4.78, 5) is 33.9. The number of ketones is 1. The number of aliphatic carboxylic acids is 1. The first kappa shape index (κ1) is 23.3. The molecule has 0 radical (unpaired) electrons. The second-order valence-electron chi connectivity index (χ2n) is 11.8. The molecule has 2 atom stereocenters. The molecule has 35 heavy (non-hydrogen) atoms. The summed E-state index contributed by atoms with van der Waals surface area (Å²) in [5.41, 5.74) is -1.68. The number of aromatic nitrogens is 1. The van der Waals surface area contributed by atoms with Crippen molar-refractivity contribution in [2.24, 2.45) is 29.1 Å². The van der Waals surface area contributed by atoms with Gasteiger partial charge in [-0.05, 0) is 80.8 Å². The summed E-state index contributed by atoms with van der Waals surface area (Å²) in [6, 6.07) is 2.49. The molecule has 1 aromatic rings. The van der Waals surface area contributed by atoms with Gasteiger partial charge in [0.15, 0.2) is 5.78 Å². The third-order valence-corrected chi connectivity index (χ3v) is 9.87. The van der Waals surface area contributed by atoms with Gasteiger partial charge < -0.3 is 10.0 Å². The van der Waals surface area contributed by atoms with Crippen molar-refractivity contribution < 1.29 is 27.9 Å². The molecule has 1 aliphatic heterocycles. The highest BCUT2D eigenvalue weighted by atomic mass is 19.4. The minimum atomic E-state index is -4.39. The van der Waals surface area contributed by atoms with E-state index in [1.165, 1.54) is 6.07 Å². The van der Waals surface area contributed by atoms with E-state index in [0.717, 1.165) is 57.2 Å². The van der Waals surface area contributed by atoms with Crippen LogP contribution in [0.2, 0.25) is 0 Å². The Bertz CT molecular complexity index is 999. The summed E-state index contributed by atoms with van der Waals surface area (Å²) in [6.45, 7) is 2.64. The maximum atomic E-state index is 13.6. The van der Waals surface area contributed by atoms with Gasteiger partial charge in [0, 0.05) is 38.8 Å². The van der Waals surface area contributed by atoms with Crippen LogP contribution in [0.4, 0.5) is 19.0 Å². The van der Waals surface area contributed by atoms with E-state index in [4.69, 9.17) is 0 Å². The monoisotopic (exact) mass is 491 g/mol. The third kappa shape index (κ3) is 3.85. The molecule has 6 nitrogen and oxygen atoms in total. The molecule has 2 unspecified atom stereocenters. The van der Waals surface area contributed by atoms with Gasteiger partial charge in [-0.15, -0.1) is 0 Å². The van der Waals surface area contributed by atoms with Gasteiger partial charge in [0.2, 0.25) is 0 Å². The van der Waals surface area contributed by atoms with Gasteiger partial charge in [0.25, 0.3) is 0 Å². The van der Waals surface area contributed by atoms with Crippen LogP contribution in [0.15, 0.2) is 18.3 Å². The Labute approximate surface area is 202 Å². The van der Waals surface area contributed by atoms with Crippen LogP contribution in [0.5, 0.6) is 0 Å². The number of carbonyl (C=O) groups excluding carboxylic acids is 1. The molecule has 5 aliphatic carbocycles. The first-order chi connectivity index (χ1) is 16.6. The zero-order chi connectivity index (χ0) is 24.6. The number of Topliss-reactive ketones (excluding diaryl/α,β-unsaturated/α-hetero) is 1. The molecule has 2 heterocycles. The van der Waals surface area contributed by atoms with Crippen LogP contribution >= 0.6 is 0 Å². The summed E-state index contributed by atoms with van der Waals surface area (Å²) >= 11 is 0. The van der Waals surface area contributed by atoms with Crippen LogP contribution in [0.1, 0.15) is 56.9 Å². The van der Waals surface area contributed by atoms with Gasteiger partial charge in [-0.25, -0.2) is 4.98 Å². The van der Waals surface area contributed by atoms with Gasteiger partial charge in [0.1, 0.15) is 5.82 Å². The van der Waals surface area contributed by atoms with E-state index < -0.39 is 28.7 Å². The predicted octanol–water partition coefficient (Wildman–Crippen LogP) is 4.24. The predicted molar refractivity (Wildman–Crippen MR) is 122 cm³/mol. The van der Waals surface area contributed by atoms with Gasteiger partial charge in [0.05, 0.1) is 16.5 Å². The quantitative estimate of drug-likeness (QED) is 0.642. The lowest BCUT2D eigenvalue weighted by molar-refractivity contribution is -0.171. The number of hydrogen-bond donors (Lipinski definition) is 1. The second-order valence-corrected chi connectivity index (χ2v) is 11.8. The van der Waals surface area contributed by atoms with Crippen molar-refractivity contribution in [2.75, 3.05) is 31.1 Å². The number of piperazine rings is 1. The lowest BCUT2D eigenvalue weighted by Gasteiger charge is -2.58. The van der Waals surface area contributed by atoms with Crippen LogP contribution in [0.3, 0.4) is 0 Å². The molecular weight excluding hydrogens is 459 g/mol. The van der Waals surface area contributed by atoms with Crippen molar-refractivity contribution in [1.29, 1.82) is 0 Å². The first-order valence-corrected chi connectivity index (χ1v) is 12.9. The highest BCUT2D eigenvalue weighted by molar-refractivity contribution is 5.91. The SMILES string of the molecule is O=C(O)C12CC3CC(C1)C(CC(=O)C1(N4CCN(c5ccc(C(F)(F)F)cn5)CC4)CC1)C(C3)C2. The Morgan fingerprint density at radius 1 is 1.03 bits per heavy atom. The topological polar surface area (TPSA) is 73.7 Å². The van der Waals surface area contributed by atoms with E-state index in [2.05, 4.69) is 9.88 Å². The van der Waals surface area contributed by atoms with Crippen molar-refractivity contribution in [2.45, 2.75) is 63.1 Å². The zero-order valence-electron chi connectivity index (χ0n) is 19.8. The molecule has 1 N–H and O–H groups in total. The summed E-state index contributed by atoms with van der Waals surface area (Å²) in [6.07, 6.45) is 3.24. The van der Waals surface area contributed by atoms with Gasteiger partial charge >= 0.3 is 12.1 Å². The Hall–Kier alpha value is -2.16. The highest BCUT2D eigenvalue weighted by Crippen LogP contribution is 2.63. The zero-order valence-corrected chi connectivity index (χ0v) is 19.8. The standard InChI is InChI=1S/C26H32F3N3O3/c27-26(28,29)19-1-2-22(30-15-19)31-5-7-32(8-6-31)25(3-4-25)21(33)11-20-17-9-16-10-18(20)14-24(12-16,13-17)23(34)35/h1-2,15-18,20H,3-14H2,(H,34,35). The summed E-state index contributed by atoms with van der Waals surface area (Å²) < 4.78 is 38.5. The fourth-order valence-corrected chi connectivity index (χ4v) is 8.12. The molecule has 0 amide bonds. The average molecular weight is 492 g/mol. The molecular formula is C26H32F3N3O3. The van der Waals surface area contributed by atoms with Crippen LogP contribution in [-0.2, 0) is 15.8 Å². The second kappa shape index (κ2) is 7.92. The Morgan fingerprint density at radius 2 is 1.69 bits per heavy atom. The van der Waals surface area contributed by atoms with Crippen molar-refractivity contribution in [3.8, 4) is 0 Å². The Kier molecular flexibility index (Phi) is 5.26. The fraction of sp³-hybridized carbons (Fsp3) is 0.731. The number of alkyl halides is 3. The summed E-state index contributed by atoms with van der Waals surface area (Å²) in [5.74, 6) is 1.77. The molecule has 6 aliphatic rings. The smallest absolute Gasteiger partial charge is 0.417 e. The van der Waals surface area contributed by atoms with E-state index in [-0.39, 0.29) is 0 Å². The number of anilines is 1. The third-order valence-electron chi connectivity index (χ3n) is 9.87. The number of carboxylic acid groups (broad SMARTS) is 1. The summed E-state index contributed by atoms with van der Waals surface area (Å²) in [7, 11) is 0. The molecule has 4 bridgehead atoms. The lowest BCUT2D eigenvalue weighted by atomic mass is 9.45. The molecule has 7 rings (SSSR count). The maximum Gasteiger partial charge on any atom is 0.417 e. The van der Waals surface area contributed by atoms with Crippen molar-refractivity contribution >= 4 is 17.6 Å². The van der Waals surface area contributed by atoms with Gasteiger partial charge in [-0.1, -0.05) is 0 Å². The molecule has 6 fully saturated rings. The number of carbonyl (C=O) groups is 2. The highest BCUT2D eigenvalue weighted by Gasteiger charge is 2.61. The maximum absolute atomic E-state index is 13.6. The Balaban J connectivity index is 1.08. The first-order valence-electron chi connectivity index (χ1n) is 12.9. The minimum Gasteiger partial charge on any atom is -0.481 e. The largest absolute Gasteiger partial charge is 0.481 e. The molecule has 1 aromatic heterocycles. The normalized spacial score (nSPS) is 35.8. The number of halogens is 3.